The van der Waals surface area contributed by atoms with Gasteiger partial charge in [0, 0.05) is 51.0 Å². The number of carbonyl (C=O) groups is 1. The van der Waals surface area contributed by atoms with Crippen molar-refractivity contribution in [1.82, 2.24) is 14.9 Å². The number of benzene rings is 1. The fourth-order valence-corrected chi connectivity index (χ4v) is 3.88. The fraction of sp³-hybridized carbons (Fsp3) is 0.476. The van der Waals surface area contributed by atoms with E-state index in [0.717, 1.165) is 63.7 Å². The van der Waals surface area contributed by atoms with Crippen LogP contribution < -0.4 is 14.5 Å². The summed E-state index contributed by atoms with van der Waals surface area (Å²) in [5, 5.41) is 0. The number of rotatable bonds is 4. The Morgan fingerprint density at radius 1 is 0.893 bits per heavy atom. The molecule has 2 aliphatic heterocycles. The van der Waals surface area contributed by atoms with Crippen LogP contribution in [0.3, 0.4) is 0 Å². The molecule has 0 bridgehead atoms. The van der Waals surface area contributed by atoms with Crippen LogP contribution in [0, 0.1) is 0 Å². The van der Waals surface area contributed by atoms with Gasteiger partial charge in [-0.2, -0.15) is 0 Å². The number of ether oxygens (including phenoxy) is 1. The highest BCUT2D eigenvalue weighted by Crippen LogP contribution is 2.22. The average Bonchev–Trinajstić information content (AvgIpc) is 2.79. The molecule has 0 radical (unpaired) electrons. The van der Waals surface area contributed by atoms with E-state index in [-0.39, 0.29) is 5.91 Å². The van der Waals surface area contributed by atoms with E-state index < -0.39 is 0 Å². The molecule has 0 aliphatic carbocycles. The second kappa shape index (κ2) is 8.46. The van der Waals surface area contributed by atoms with Gasteiger partial charge in [0.25, 0.3) is 5.91 Å². The maximum Gasteiger partial charge on any atom is 0.272 e. The minimum Gasteiger partial charge on any atom is -0.497 e. The molecule has 2 aliphatic rings. The molecule has 7 heteroatoms. The van der Waals surface area contributed by atoms with Crippen molar-refractivity contribution in [3.63, 3.8) is 0 Å². The predicted molar refractivity (Wildman–Crippen MR) is 109 cm³/mol. The Bertz CT molecular complexity index is 797. The third-order valence-corrected chi connectivity index (χ3v) is 5.56. The lowest BCUT2D eigenvalue weighted by atomic mass is 10.1. The second-order valence-electron chi connectivity index (χ2n) is 7.29. The van der Waals surface area contributed by atoms with E-state index >= 15 is 0 Å². The molecule has 1 aromatic carbocycles. The first-order valence-corrected chi connectivity index (χ1v) is 10.00. The van der Waals surface area contributed by atoms with Crippen molar-refractivity contribution in [2.24, 2.45) is 0 Å². The number of nitrogens with zero attached hydrogens (tertiary/aromatic N) is 5. The Morgan fingerprint density at radius 3 is 2.25 bits per heavy atom. The van der Waals surface area contributed by atoms with E-state index in [1.165, 1.54) is 18.4 Å². The molecule has 148 valence electrons. The van der Waals surface area contributed by atoms with Gasteiger partial charge in [-0.3, -0.25) is 4.79 Å². The Balaban J connectivity index is 1.39. The summed E-state index contributed by atoms with van der Waals surface area (Å²) < 4.78 is 5.23. The number of anilines is 2. The summed E-state index contributed by atoms with van der Waals surface area (Å²) in [5.41, 5.74) is 1.70. The Kier molecular flexibility index (Phi) is 5.60. The van der Waals surface area contributed by atoms with Crippen LogP contribution in [0.4, 0.5) is 11.5 Å². The molecule has 2 saturated heterocycles. The highest BCUT2D eigenvalue weighted by Gasteiger charge is 2.22. The van der Waals surface area contributed by atoms with Crippen LogP contribution in [-0.2, 0) is 0 Å². The van der Waals surface area contributed by atoms with E-state index in [4.69, 9.17) is 4.74 Å². The van der Waals surface area contributed by atoms with Crippen LogP contribution in [0.25, 0.3) is 0 Å². The van der Waals surface area contributed by atoms with Crippen molar-refractivity contribution in [2.75, 3.05) is 56.2 Å². The van der Waals surface area contributed by atoms with E-state index in [1.54, 1.807) is 7.11 Å². The lowest BCUT2D eigenvalue weighted by Gasteiger charge is -2.36. The number of hydrogen-bond acceptors (Lipinski definition) is 6. The van der Waals surface area contributed by atoms with E-state index in [2.05, 4.69) is 31.9 Å². The van der Waals surface area contributed by atoms with Crippen LogP contribution in [0.2, 0.25) is 0 Å². The first kappa shape index (κ1) is 18.5. The smallest absolute Gasteiger partial charge is 0.272 e. The monoisotopic (exact) mass is 381 g/mol. The number of piperidine rings is 1. The van der Waals surface area contributed by atoms with Crippen molar-refractivity contribution >= 4 is 17.4 Å². The normalized spacial score (nSPS) is 17.5. The van der Waals surface area contributed by atoms with Gasteiger partial charge in [-0.05, 0) is 43.5 Å². The molecule has 28 heavy (non-hydrogen) atoms. The number of hydrogen-bond donors (Lipinski definition) is 0. The minimum atomic E-state index is 0.0280. The maximum absolute atomic E-state index is 12.7. The molecular weight excluding hydrogens is 354 g/mol. The number of aromatic nitrogens is 2. The van der Waals surface area contributed by atoms with Crippen LogP contribution >= 0.6 is 0 Å². The molecular formula is C21H27N5O2. The lowest BCUT2D eigenvalue weighted by molar-refractivity contribution is 0.0718. The van der Waals surface area contributed by atoms with E-state index in [1.807, 2.05) is 23.1 Å². The molecule has 0 spiro atoms. The van der Waals surface area contributed by atoms with Gasteiger partial charge in [0.1, 0.15) is 23.6 Å². The van der Waals surface area contributed by atoms with Crippen molar-refractivity contribution < 1.29 is 9.53 Å². The van der Waals surface area contributed by atoms with Crippen LogP contribution in [-0.4, -0.2) is 67.2 Å². The van der Waals surface area contributed by atoms with Gasteiger partial charge in [-0.25, -0.2) is 9.97 Å². The largest absolute Gasteiger partial charge is 0.497 e. The molecule has 1 aromatic heterocycles. The minimum absolute atomic E-state index is 0.0280. The summed E-state index contributed by atoms with van der Waals surface area (Å²) in [6.45, 7) is 5.20. The van der Waals surface area contributed by atoms with Crippen LogP contribution in [0.15, 0.2) is 36.7 Å². The van der Waals surface area contributed by atoms with Crippen molar-refractivity contribution in [3.05, 3.63) is 42.4 Å². The molecule has 0 atom stereocenters. The topological polar surface area (TPSA) is 61.8 Å². The molecule has 7 nitrogen and oxygen atoms in total. The van der Waals surface area contributed by atoms with Crippen LogP contribution in [0.5, 0.6) is 5.75 Å². The summed E-state index contributed by atoms with van der Waals surface area (Å²) in [5.74, 6) is 1.74. The highest BCUT2D eigenvalue weighted by molar-refractivity contribution is 5.93. The van der Waals surface area contributed by atoms with Crippen molar-refractivity contribution in [1.29, 1.82) is 0 Å². The Labute approximate surface area is 165 Å². The first-order chi connectivity index (χ1) is 13.7. The zero-order valence-corrected chi connectivity index (χ0v) is 16.4. The van der Waals surface area contributed by atoms with Gasteiger partial charge in [-0.1, -0.05) is 0 Å². The Hall–Kier alpha value is -2.83. The van der Waals surface area contributed by atoms with Crippen molar-refractivity contribution in [3.8, 4) is 5.75 Å². The molecule has 4 rings (SSSR count). The third-order valence-electron chi connectivity index (χ3n) is 5.56. The average molecular weight is 381 g/mol. The second-order valence-corrected chi connectivity index (χ2v) is 7.29. The van der Waals surface area contributed by atoms with Crippen molar-refractivity contribution in [2.45, 2.75) is 19.3 Å². The summed E-state index contributed by atoms with van der Waals surface area (Å²) in [4.78, 5) is 27.9. The third kappa shape index (κ3) is 4.03. The number of methoxy groups -OCH3 is 1. The molecule has 1 amide bonds. The molecule has 3 heterocycles. The zero-order valence-electron chi connectivity index (χ0n) is 16.4. The van der Waals surface area contributed by atoms with Gasteiger partial charge in [0.2, 0.25) is 0 Å². The van der Waals surface area contributed by atoms with Gasteiger partial charge in [0.15, 0.2) is 0 Å². The Morgan fingerprint density at radius 2 is 1.57 bits per heavy atom. The molecule has 0 N–H and O–H groups in total. The number of piperazine rings is 1. The quantitative estimate of drug-likeness (QED) is 0.811. The van der Waals surface area contributed by atoms with Crippen LogP contribution in [0.1, 0.15) is 29.8 Å². The molecule has 2 aromatic rings. The summed E-state index contributed by atoms with van der Waals surface area (Å²) >= 11 is 0. The number of likely N-dealkylation sites (tertiary alicyclic amines) is 1. The standard InChI is InChI=1S/C21H27N5O2/c1-28-18-7-5-17(6-8-18)24-11-13-25(14-12-24)20-15-19(22-16-23-20)21(27)26-9-3-2-4-10-26/h5-8,15-16H,2-4,9-14H2,1H3. The summed E-state index contributed by atoms with van der Waals surface area (Å²) in [7, 11) is 1.68. The van der Waals surface area contributed by atoms with Gasteiger partial charge < -0.3 is 19.4 Å². The van der Waals surface area contributed by atoms with Gasteiger partial charge in [0.05, 0.1) is 7.11 Å². The van der Waals surface area contributed by atoms with E-state index in [9.17, 15) is 4.79 Å². The lowest BCUT2D eigenvalue weighted by Crippen LogP contribution is -2.47. The number of carbonyl (C=O) groups excluding carboxylic acids is 1. The summed E-state index contributed by atoms with van der Waals surface area (Å²) in [6.07, 6.45) is 4.88. The fourth-order valence-electron chi connectivity index (χ4n) is 3.88. The maximum atomic E-state index is 12.7. The zero-order chi connectivity index (χ0) is 19.3. The van der Waals surface area contributed by atoms with Gasteiger partial charge in [-0.15, -0.1) is 0 Å². The SMILES string of the molecule is COc1ccc(N2CCN(c3cc(C(=O)N4CCCCC4)ncn3)CC2)cc1. The summed E-state index contributed by atoms with van der Waals surface area (Å²) in [6, 6.07) is 10.0. The molecule has 0 unspecified atom stereocenters. The highest BCUT2D eigenvalue weighted by atomic mass is 16.5. The first-order valence-electron chi connectivity index (χ1n) is 10.00. The molecule has 0 saturated carbocycles. The predicted octanol–water partition coefficient (Wildman–Crippen LogP) is 2.44. The molecule has 2 fully saturated rings. The van der Waals surface area contributed by atoms with E-state index in [0.29, 0.717) is 5.69 Å². The number of amides is 1. The van der Waals surface area contributed by atoms with Gasteiger partial charge >= 0.3 is 0 Å².